The maximum absolute atomic E-state index is 14.6. The molecule has 0 radical (unpaired) electrons. The highest BCUT2D eigenvalue weighted by molar-refractivity contribution is 7.48. The van der Waals surface area contributed by atoms with Crippen LogP contribution >= 0.6 is 7.82 Å². The number of phosphoric ester groups is 1. The molecular formula is C25H41FN3O17P. The van der Waals surface area contributed by atoms with Gasteiger partial charge in [0.25, 0.3) is 5.56 Å². The maximum Gasteiger partial charge on any atom is 0.510 e. The molecule has 0 aliphatic heterocycles. The summed E-state index contributed by atoms with van der Waals surface area (Å²) in [5.74, 6) is -1.23. The Bertz CT molecular complexity index is 1290. The molecule has 0 saturated carbocycles. The number of nitrogens with zero attached hydrogens (tertiary/aromatic N) is 2. The van der Waals surface area contributed by atoms with Gasteiger partial charge in [-0.25, -0.2) is 37.0 Å². The summed E-state index contributed by atoms with van der Waals surface area (Å²) in [6.45, 7) is 0.171. The van der Waals surface area contributed by atoms with Crippen LogP contribution in [0.5, 0.6) is 0 Å². The number of alkyl halides is 1. The smallest absolute Gasteiger partial charge is 0.442 e. The van der Waals surface area contributed by atoms with Crippen LogP contribution in [-0.2, 0) is 58.1 Å². The zero-order valence-electron chi connectivity index (χ0n) is 26.4. The molecule has 270 valence electrons. The van der Waals surface area contributed by atoms with Crippen LogP contribution in [0.3, 0.4) is 0 Å². The van der Waals surface area contributed by atoms with E-state index < -0.39 is 102 Å². The van der Waals surface area contributed by atoms with Gasteiger partial charge >= 0.3 is 31.8 Å². The second-order valence-corrected chi connectivity index (χ2v) is 11.3. The normalized spacial score (nSPS) is 14.9. The summed E-state index contributed by atoms with van der Waals surface area (Å²) in [5.41, 5.74) is 1.07. The van der Waals surface area contributed by atoms with Crippen LogP contribution in [0.2, 0.25) is 0 Å². The second-order valence-electron chi connectivity index (χ2n) is 9.63. The number of hydrogen-bond acceptors (Lipinski definition) is 18. The van der Waals surface area contributed by atoms with E-state index in [9.17, 15) is 43.1 Å². The molecule has 47 heavy (non-hydrogen) atoms. The van der Waals surface area contributed by atoms with E-state index in [0.29, 0.717) is 9.13 Å². The number of carbonyl (C=O) groups is 3. The molecule has 1 rings (SSSR count). The van der Waals surface area contributed by atoms with E-state index in [2.05, 4.69) is 18.9 Å². The Morgan fingerprint density at radius 1 is 0.979 bits per heavy atom. The summed E-state index contributed by atoms with van der Waals surface area (Å²) in [7, 11) is -4.96. The molecule has 0 aromatic carbocycles. The molecule has 1 unspecified atom stereocenters. The number of halogens is 1. The average Bonchev–Trinajstić information content (AvgIpc) is 3.01. The molecule has 0 amide bonds. The van der Waals surface area contributed by atoms with E-state index in [-0.39, 0.29) is 19.1 Å². The topological polar surface area (TPSA) is 262 Å². The highest BCUT2D eigenvalue weighted by atomic mass is 31.2. The van der Waals surface area contributed by atoms with Crippen molar-refractivity contribution in [2.45, 2.75) is 65.3 Å². The second kappa shape index (κ2) is 20.1. The fraction of sp³-hybridized carbons (Fsp3) is 0.720. The molecule has 0 fully saturated rings. The molecule has 1 aromatic heterocycles. The van der Waals surface area contributed by atoms with E-state index >= 15 is 0 Å². The van der Waals surface area contributed by atoms with E-state index in [0.717, 1.165) is 19.2 Å². The van der Waals surface area contributed by atoms with Gasteiger partial charge in [-0.1, -0.05) is 13.8 Å². The van der Waals surface area contributed by atoms with Crippen LogP contribution in [0.15, 0.2) is 21.9 Å². The predicted octanol–water partition coefficient (Wildman–Crippen LogP) is 0.510. The van der Waals surface area contributed by atoms with Crippen LogP contribution < -0.4 is 17.0 Å². The Morgan fingerprint density at radius 2 is 1.53 bits per heavy atom. The number of aliphatic hydroxyl groups is 2. The fourth-order valence-electron chi connectivity index (χ4n) is 3.15. The predicted molar refractivity (Wildman–Crippen MR) is 153 cm³/mol. The quantitative estimate of drug-likeness (QED) is 0.0681. The van der Waals surface area contributed by atoms with Crippen molar-refractivity contribution in [3.8, 4) is 0 Å². The van der Waals surface area contributed by atoms with Gasteiger partial charge in [0.15, 0.2) is 13.0 Å². The van der Waals surface area contributed by atoms with Crippen LogP contribution in [0, 0.1) is 5.92 Å². The largest absolute Gasteiger partial charge is 0.510 e. The van der Waals surface area contributed by atoms with Crippen LogP contribution in [0.1, 0.15) is 40.8 Å². The molecule has 4 N–H and O–H groups in total. The first-order valence-corrected chi connectivity index (χ1v) is 15.5. The number of aromatic nitrogens is 2. The number of hydrogen-bond donors (Lipinski definition) is 3. The average molecular weight is 706 g/mol. The van der Waals surface area contributed by atoms with Gasteiger partial charge in [0.2, 0.25) is 13.6 Å². The molecule has 0 aliphatic rings. The van der Waals surface area contributed by atoms with Gasteiger partial charge in [-0.05, 0) is 26.7 Å². The number of nitrogens with two attached hydrogens (primary N) is 1. The minimum absolute atomic E-state index is 0.0777. The standard InChI is InChI=1S/C25H41FN3O17P/c1-6-38-23(35)41-14-44-47(37,45-15-42-24(36)39-7-2)43-12-25(11-26,17(5)31)46-19(10-30)28-9-8-18(32)29(22(28)34)13-40-21(33)20(27)16(3)4/h8-9,16-17,19-20,30-31H,6-7,10-15,27H2,1-5H3/t17-,19+,20?,25+/m0/s1. The van der Waals surface area contributed by atoms with E-state index in [1.165, 1.54) is 13.8 Å². The Labute approximate surface area is 267 Å². The van der Waals surface area contributed by atoms with Crippen molar-refractivity contribution in [1.29, 1.82) is 0 Å². The van der Waals surface area contributed by atoms with Gasteiger partial charge in [-0.15, -0.1) is 0 Å². The first-order valence-electron chi connectivity index (χ1n) is 14.0. The van der Waals surface area contributed by atoms with Crippen molar-refractivity contribution in [2.24, 2.45) is 11.7 Å². The van der Waals surface area contributed by atoms with Crippen molar-refractivity contribution in [3.63, 3.8) is 0 Å². The monoisotopic (exact) mass is 705 g/mol. The third kappa shape index (κ3) is 12.9. The summed E-state index contributed by atoms with van der Waals surface area (Å²) >= 11 is 0. The van der Waals surface area contributed by atoms with Crippen molar-refractivity contribution in [1.82, 2.24) is 9.13 Å². The Balaban J connectivity index is 3.29. The lowest BCUT2D eigenvalue weighted by Crippen LogP contribution is -2.53. The van der Waals surface area contributed by atoms with Crippen LogP contribution in [0.4, 0.5) is 14.0 Å². The summed E-state index contributed by atoms with van der Waals surface area (Å²) in [6.07, 6.45) is -5.25. The summed E-state index contributed by atoms with van der Waals surface area (Å²) in [5, 5.41) is 20.6. The summed E-state index contributed by atoms with van der Waals surface area (Å²) in [6, 6.07) is -0.207. The zero-order valence-corrected chi connectivity index (χ0v) is 27.3. The number of carbonyl (C=O) groups excluding carboxylic acids is 3. The van der Waals surface area contributed by atoms with Crippen molar-refractivity contribution < 1.29 is 75.5 Å². The number of ether oxygens (including phenoxy) is 6. The molecule has 0 aliphatic carbocycles. The highest BCUT2D eigenvalue weighted by Gasteiger charge is 2.44. The Kier molecular flexibility index (Phi) is 17.7. The van der Waals surface area contributed by atoms with Crippen LogP contribution in [0.25, 0.3) is 0 Å². The number of phosphoric acid groups is 1. The first kappa shape index (κ1) is 41.6. The third-order valence-corrected chi connectivity index (χ3v) is 7.30. The molecule has 20 nitrogen and oxygen atoms in total. The Morgan fingerprint density at radius 3 is 1.98 bits per heavy atom. The lowest BCUT2D eigenvalue weighted by atomic mass is 10.0. The molecule has 0 saturated heterocycles. The first-order chi connectivity index (χ1) is 22.1. The molecule has 4 atom stereocenters. The van der Waals surface area contributed by atoms with Crippen molar-refractivity contribution >= 4 is 26.1 Å². The van der Waals surface area contributed by atoms with Gasteiger partial charge in [-0.3, -0.25) is 18.7 Å². The summed E-state index contributed by atoms with van der Waals surface area (Å²) < 4.78 is 72.5. The van der Waals surface area contributed by atoms with E-state index in [4.69, 9.17) is 28.8 Å². The Hall–Kier alpha value is -3.43. The van der Waals surface area contributed by atoms with Gasteiger partial charge in [0, 0.05) is 12.3 Å². The van der Waals surface area contributed by atoms with Crippen LogP contribution in [-0.4, -0.2) is 102 Å². The number of rotatable bonds is 21. The van der Waals surface area contributed by atoms with E-state index in [1.807, 2.05) is 0 Å². The molecule has 0 bridgehead atoms. The lowest BCUT2D eigenvalue weighted by molar-refractivity contribution is -0.208. The molecule has 1 heterocycles. The van der Waals surface area contributed by atoms with Gasteiger partial charge in [0.1, 0.15) is 18.3 Å². The van der Waals surface area contributed by atoms with E-state index in [1.54, 1.807) is 13.8 Å². The van der Waals surface area contributed by atoms with Gasteiger partial charge in [0.05, 0.1) is 32.5 Å². The lowest BCUT2D eigenvalue weighted by Gasteiger charge is -2.37. The zero-order chi connectivity index (χ0) is 35.8. The minimum Gasteiger partial charge on any atom is -0.442 e. The third-order valence-electron chi connectivity index (χ3n) is 6.01. The van der Waals surface area contributed by atoms with Crippen molar-refractivity contribution in [2.75, 3.05) is 46.7 Å². The molecular weight excluding hydrogens is 664 g/mol. The van der Waals surface area contributed by atoms with Gasteiger partial charge in [-0.2, -0.15) is 0 Å². The summed E-state index contributed by atoms with van der Waals surface area (Å²) in [4.78, 5) is 60.6. The number of esters is 1. The maximum atomic E-state index is 14.6. The van der Waals surface area contributed by atoms with Gasteiger partial charge < -0.3 is 44.4 Å². The van der Waals surface area contributed by atoms with Crippen molar-refractivity contribution in [3.05, 3.63) is 33.1 Å². The molecule has 1 aromatic rings. The highest BCUT2D eigenvalue weighted by Crippen LogP contribution is 2.50. The molecule has 0 spiro atoms. The minimum atomic E-state index is -4.96. The SMILES string of the molecule is CCOC(=O)OCOP(=O)(OCOC(=O)OCC)OC[C@@](CF)(O[C@H](CO)n1ccc(=O)n(COC(=O)C(N)C(C)C)c1=O)[C@H](C)O. The fourth-order valence-corrected chi connectivity index (χ4v) is 4.11. The molecule has 22 heteroatoms. The number of aliphatic hydroxyl groups excluding tert-OH is 2.